The van der Waals surface area contributed by atoms with Crippen molar-refractivity contribution in [2.45, 2.75) is 12.8 Å². The zero-order valence-corrected chi connectivity index (χ0v) is 13.5. The van der Waals surface area contributed by atoms with E-state index in [0.717, 1.165) is 29.8 Å². The van der Waals surface area contributed by atoms with Gasteiger partial charge in [-0.1, -0.05) is 0 Å². The summed E-state index contributed by atoms with van der Waals surface area (Å²) in [5.41, 5.74) is 2.43. The third-order valence-corrected chi connectivity index (χ3v) is 5.50. The van der Waals surface area contributed by atoms with E-state index in [-0.39, 0.29) is 0 Å². The first-order valence-electron chi connectivity index (χ1n) is 7.51. The molecule has 7 nitrogen and oxygen atoms in total. The Labute approximate surface area is 134 Å². The second kappa shape index (κ2) is 5.09. The van der Waals surface area contributed by atoms with Gasteiger partial charge in [-0.2, -0.15) is 8.42 Å². The molecule has 0 amide bonds. The Morgan fingerprint density at radius 1 is 1.30 bits per heavy atom. The molecular weight excluding hydrogens is 314 g/mol. The molecule has 8 heteroatoms. The number of rotatable bonds is 4. The van der Waals surface area contributed by atoms with Gasteiger partial charge in [-0.3, -0.25) is 0 Å². The lowest BCUT2D eigenvalue weighted by Gasteiger charge is -2.16. The molecule has 0 aromatic carbocycles. The SMILES string of the molecule is CNc1cc(-c2cnc3c(c2)N(CC2CC2)S(=O)(=O)N3)ccn1. The van der Waals surface area contributed by atoms with Crippen LogP contribution in [0.15, 0.2) is 30.6 Å². The molecule has 1 aliphatic heterocycles. The van der Waals surface area contributed by atoms with E-state index in [1.807, 2.05) is 18.2 Å². The van der Waals surface area contributed by atoms with Gasteiger partial charge in [0, 0.05) is 31.5 Å². The van der Waals surface area contributed by atoms with E-state index in [0.29, 0.717) is 24.0 Å². The number of hydrogen-bond donors (Lipinski definition) is 2. The normalized spacial score (nSPS) is 18.4. The van der Waals surface area contributed by atoms with Gasteiger partial charge in [0.15, 0.2) is 5.82 Å². The third-order valence-electron chi connectivity index (χ3n) is 4.12. The first-order chi connectivity index (χ1) is 11.1. The summed E-state index contributed by atoms with van der Waals surface area (Å²) in [7, 11) is -1.71. The first kappa shape index (κ1) is 14.3. The predicted molar refractivity (Wildman–Crippen MR) is 89.6 cm³/mol. The number of nitrogens with zero attached hydrogens (tertiary/aromatic N) is 3. The van der Waals surface area contributed by atoms with Crippen molar-refractivity contribution in [2.24, 2.45) is 5.92 Å². The van der Waals surface area contributed by atoms with Crippen LogP contribution in [0.25, 0.3) is 11.1 Å². The van der Waals surface area contributed by atoms with E-state index in [1.165, 1.54) is 4.31 Å². The molecule has 2 aliphatic rings. The summed E-state index contributed by atoms with van der Waals surface area (Å²) in [5, 5.41) is 3.00. The number of pyridine rings is 2. The highest BCUT2D eigenvalue weighted by atomic mass is 32.2. The maximum absolute atomic E-state index is 12.3. The Morgan fingerprint density at radius 3 is 2.87 bits per heavy atom. The van der Waals surface area contributed by atoms with Crippen LogP contribution in [0.3, 0.4) is 0 Å². The highest BCUT2D eigenvalue weighted by Crippen LogP contribution is 2.40. The van der Waals surface area contributed by atoms with Crippen molar-refractivity contribution in [3.05, 3.63) is 30.6 Å². The van der Waals surface area contributed by atoms with Crippen LogP contribution in [-0.2, 0) is 10.2 Å². The van der Waals surface area contributed by atoms with Crippen LogP contribution in [0.1, 0.15) is 12.8 Å². The Kier molecular flexibility index (Phi) is 3.15. The highest BCUT2D eigenvalue weighted by molar-refractivity contribution is 7.94. The maximum Gasteiger partial charge on any atom is 0.325 e. The van der Waals surface area contributed by atoms with Crippen LogP contribution in [0.4, 0.5) is 17.3 Å². The van der Waals surface area contributed by atoms with Crippen molar-refractivity contribution >= 4 is 27.5 Å². The Morgan fingerprint density at radius 2 is 2.13 bits per heavy atom. The smallest absolute Gasteiger partial charge is 0.325 e. The lowest BCUT2D eigenvalue weighted by atomic mass is 10.1. The second-order valence-electron chi connectivity index (χ2n) is 5.85. The summed E-state index contributed by atoms with van der Waals surface area (Å²) < 4.78 is 28.5. The number of aromatic nitrogens is 2. The molecule has 3 heterocycles. The topological polar surface area (TPSA) is 87.2 Å². The van der Waals surface area contributed by atoms with E-state index in [1.54, 1.807) is 19.4 Å². The zero-order chi connectivity index (χ0) is 16.0. The Bertz CT molecular complexity index is 864. The lowest BCUT2D eigenvalue weighted by Crippen LogP contribution is -2.31. The molecule has 4 rings (SSSR count). The molecule has 23 heavy (non-hydrogen) atoms. The first-order valence-corrected chi connectivity index (χ1v) is 8.95. The molecule has 2 aromatic rings. The fourth-order valence-electron chi connectivity index (χ4n) is 2.66. The van der Waals surface area contributed by atoms with E-state index in [9.17, 15) is 8.42 Å². The molecule has 1 fully saturated rings. The van der Waals surface area contributed by atoms with Gasteiger partial charge in [0.25, 0.3) is 0 Å². The van der Waals surface area contributed by atoms with Crippen molar-refractivity contribution in [1.82, 2.24) is 9.97 Å². The van der Waals surface area contributed by atoms with Crippen molar-refractivity contribution in [2.75, 3.05) is 27.9 Å². The summed E-state index contributed by atoms with van der Waals surface area (Å²) >= 11 is 0. The quantitative estimate of drug-likeness (QED) is 0.895. The number of nitrogens with one attached hydrogen (secondary N) is 2. The van der Waals surface area contributed by atoms with Crippen LogP contribution in [0.5, 0.6) is 0 Å². The number of anilines is 3. The standard InChI is InChI=1S/C15H17N5O2S/c1-16-14-7-11(4-5-17-14)12-6-13-15(18-8-12)19-23(21,22)20(13)9-10-2-3-10/h4-8,10H,2-3,9H2,1H3,(H,16,17)(H,18,19). The summed E-state index contributed by atoms with van der Waals surface area (Å²) in [5.74, 6) is 1.61. The zero-order valence-electron chi connectivity index (χ0n) is 12.7. The molecule has 0 unspecified atom stereocenters. The van der Waals surface area contributed by atoms with Crippen LogP contribution >= 0.6 is 0 Å². The predicted octanol–water partition coefficient (Wildman–Crippen LogP) is 2.07. The summed E-state index contributed by atoms with van der Waals surface area (Å²) in [6, 6.07) is 5.66. The number of fused-ring (bicyclic) bond motifs is 1. The van der Waals surface area contributed by atoms with E-state index in [4.69, 9.17) is 0 Å². The van der Waals surface area contributed by atoms with Gasteiger partial charge in [-0.25, -0.2) is 19.0 Å². The van der Waals surface area contributed by atoms with Gasteiger partial charge >= 0.3 is 10.2 Å². The molecule has 120 valence electrons. The molecule has 2 aromatic heterocycles. The van der Waals surface area contributed by atoms with E-state index >= 15 is 0 Å². The van der Waals surface area contributed by atoms with Crippen LogP contribution in [0, 0.1) is 5.92 Å². The van der Waals surface area contributed by atoms with E-state index < -0.39 is 10.2 Å². The van der Waals surface area contributed by atoms with Crippen molar-refractivity contribution in [1.29, 1.82) is 0 Å². The third kappa shape index (κ3) is 2.59. The average Bonchev–Trinajstić information content (AvgIpc) is 3.33. The summed E-state index contributed by atoms with van der Waals surface area (Å²) in [6.07, 6.45) is 5.57. The molecule has 0 bridgehead atoms. The highest BCUT2D eigenvalue weighted by Gasteiger charge is 2.37. The Hall–Kier alpha value is -2.35. The minimum absolute atomic E-state index is 0.400. The van der Waals surface area contributed by atoms with Gasteiger partial charge in [0.05, 0.1) is 5.69 Å². The van der Waals surface area contributed by atoms with Crippen LogP contribution < -0.4 is 14.3 Å². The van der Waals surface area contributed by atoms with Crippen molar-refractivity contribution in [3.63, 3.8) is 0 Å². The molecule has 0 saturated heterocycles. The van der Waals surface area contributed by atoms with Crippen LogP contribution in [-0.4, -0.2) is 32.0 Å². The fourth-order valence-corrected chi connectivity index (χ4v) is 3.98. The van der Waals surface area contributed by atoms with Gasteiger partial charge in [-0.05, 0) is 42.5 Å². The average molecular weight is 331 g/mol. The number of hydrogen-bond acceptors (Lipinski definition) is 5. The van der Waals surface area contributed by atoms with E-state index in [2.05, 4.69) is 20.0 Å². The van der Waals surface area contributed by atoms with Gasteiger partial charge in [0.1, 0.15) is 5.82 Å². The van der Waals surface area contributed by atoms with Crippen molar-refractivity contribution in [3.8, 4) is 11.1 Å². The Balaban J connectivity index is 1.75. The van der Waals surface area contributed by atoms with Gasteiger partial charge in [-0.15, -0.1) is 0 Å². The summed E-state index contributed by atoms with van der Waals surface area (Å²) in [6.45, 7) is 0.519. The largest absolute Gasteiger partial charge is 0.373 e. The second-order valence-corrected chi connectivity index (χ2v) is 7.45. The van der Waals surface area contributed by atoms with Crippen molar-refractivity contribution < 1.29 is 8.42 Å². The molecule has 1 saturated carbocycles. The fraction of sp³-hybridized carbons (Fsp3) is 0.333. The minimum Gasteiger partial charge on any atom is -0.373 e. The van der Waals surface area contributed by atoms with Gasteiger partial charge in [0.2, 0.25) is 0 Å². The lowest BCUT2D eigenvalue weighted by molar-refractivity contribution is 0.596. The van der Waals surface area contributed by atoms with Gasteiger partial charge < -0.3 is 5.32 Å². The summed E-state index contributed by atoms with van der Waals surface area (Å²) in [4.78, 5) is 8.48. The minimum atomic E-state index is -3.52. The molecule has 0 spiro atoms. The molecular formula is C15H17N5O2S. The molecule has 0 radical (unpaired) electrons. The monoisotopic (exact) mass is 331 g/mol. The molecule has 2 N–H and O–H groups in total. The molecule has 1 aliphatic carbocycles. The van der Waals surface area contributed by atoms with Crippen LogP contribution in [0.2, 0.25) is 0 Å². The molecule has 0 atom stereocenters. The maximum atomic E-state index is 12.3.